The van der Waals surface area contributed by atoms with Crippen molar-refractivity contribution < 1.29 is 5.11 Å². The summed E-state index contributed by atoms with van der Waals surface area (Å²) in [5, 5.41) is 15.6. The minimum Gasteiger partial charge on any atom is -0.394 e. The third-order valence-electron chi connectivity index (χ3n) is 3.48. The maximum atomic E-state index is 9.25. The Morgan fingerprint density at radius 2 is 1.80 bits per heavy atom. The van der Waals surface area contributed by atoms with E-state index in [1.807, 2.05) is 49.4 Å². The maximum absolute atomic E-state index is 9.25. The van der Waals surface area contributed by atoms with E-state index >= 15 is 0 Å². The molecule has 0 amide bonds. The molecule has 3 aromatic heterocycles. The fourth-order valence-corrected chi connectivity index (χ4v) is 2.20. The zero-order chi connectivity index (χ0) is 17.5. The van der Waals surface area contributed by atoms with Crippen molar-refractivity contribution in [3.63, 3.8) is 0 Å². The Balaban J connectivity index is 1.86. The lowest BCUT2D eigenvalue weighted by Crippen LogP contribution is -2.21. The van der Waals surface area contributed by atoms with Crippen molar-refractivity contribution in [3.8, 4) is 11.4 Å². The van der Waals surface area contributed by atoms with Gasteiger partial charge < -0.3 is 15.7 Å². The van der Waals surface area contributed by atoms with Gasteiger partial charge in [-0.3, -0.25) is 9.97 Å². The van der Waals surface area contributed by atoms with Crippen LogP contribution in [0.15, 0.2) is 54.9 Å². The lowest BCUT2D eigenvalue weighted by molar-refractivity contribution is 0.281. The van der Waals surface area contributed by atoms with Gasteiger partial charge in [0.15, 0.2) is 0 Å². The number of pyridine rings is 2. The molecule has 0 aliphatic carbocycles. The molecule has 0 saturated carbocycles. The zero-order valence-electron chi connectivity index (χ0n) is 13.9. The number of aliphatic hydroxyl groups excluding tert-OH is 1. The molecular weight excluding hydrogens is 316 g/mol. The Bertz CT molecular complexity index is 797. The van der Waals surface area contributed by atoms with Crippen molar-refractivity contribution in [3.05, 3.63) is 60.6 Å². The largest absolute Gasteiger partial charge is 0.394 e. The average molecular weight is 336 g/mol. The van der Waals surface area contributed by atoms with Crippen LogP contribution in [0, 0.1) is 0 Å². The highest BCUT2D eigenvalue weighted by molar-refractivity contribution is 5.61. The molecule has 3 aromatic rings. The number of aliphatic hydroxyl groups is 1. The van der Waals surface area contributed by atoms with E-state index in [9.17, 15) is 5.11 Å². The van der Waals surface area contributed by atoms with Crippen LogP contribution in [0.3, 0.4) is 0 Å². The number of nitrogens with zero attached hydrogens (tertiary/aromatic N) is 4. The van der Waals surface area contributed by atoms with Gasteiger partial charge >= 0.3 is 0 Å². The molecular formula is C18H20N6O. The van der Waals surface area contributed by atoms with E-state index in [1.165, 1.54) is 0 Å². The Morgan fingerprint density at radius 1 is 1.00 bits per heavy atom. The standard InChI is InChI=1S/C18H20N6O/c1-13(12-25)22-18-23-16(15-7-3-5-9-20-15)10-17(24-18)21-11-14-6-2-4-8-19-14/h2-10,13,25H,11-12H2,1H3,(H2,21,22,23,24)/t13-/m1/s1. The van der Waals surface area contributed by atoms with E-state index in [0.717, 1.165) is 11.4 Å². The van der Waals surface area contributed by atoms with E-state index in [0.29, 0.717) is 24.0 Å². The van der Waals surface area contributed by atoms with Crippen LogP contribution in [-0.2, 0) is 6.54 Å². The Kier molecular flexibility index (Phi) is 5.48. The summed E-state index contributed by atoms with van der Waals surface area (Å²) in [6, 6.07) is 13.1. The fourth-order valence-electron chi connectivity index (χ4n) is 2.20. The summed E-state index contributed by atoms with van der Waals surface area (Å²) in [5.41, 5.74) is 2.37. The predicted molar refractivity (Wildman–Crippen MR) is 97.0 cm³/mol. The number of anilines is 2. The molecule has 0 radical (unpaired) electrons. The molecule has 3 rings (SSSR count). The first-order valence-electron chi connectivity index (χ1n) is 8.06. The second-order valence-corrected chi connectivity index (χ2v) is 5.58. The molecule has 0 aliphatic rings. The van der Waals surface area contributed by atoms with E-state index in [1.54, 1.807) is 12.4 Å². The number of nitrogens with one attached hydrogen (secondary N) is 2. The SMILES string of the molecule is C[C@H](CO)Nc1nc(NCc2ccccn2)cc(-c2ccccn2)n1. The second-order valence-electron chi connectivity index (χ2n) is 5.58. The zero-order valence-corrected chi connectivity index (χ0v) is 13.9. The third kappa shape index (κ3) is 4.71. The van der Waals surface area contributed by atoms with E-state index < -0.39 is 0 Å². The van der Waals surface area contributed by atoms with Crippen molar-refractivity contribution in [2.75, 3.05) is 17.2 Å². The van der Waals surface area contributed by atoms with Crippen molar-refractivity contribution in [2.24, 2.45) is 0 Å². The van der Waals surface area contributed by atoms with Crippen molar-refractivity contribution in [1.82, 2.24) is 19.9 Å². The van der Waals surface area contributed by atoms with Crippen LogP contribution >= 0.6 is 0 Å². The molecule has 128 valence electrons. The summed E-state index contributed by atoms with van der Waals surface area (Å²) in [6.45, 7) is 2.40. The summed E-state index contributed by atoms with van der Waals surface area (Å²) >= 11 is 0. The van der Waals surface area contributed by atoms with Crippen molar-refractivity contribution >= 4 is 11.8 Å². The van der Waals surface area contributed by atoms with Crippen LogP contribution in [-0.4, -0.2) is 37.7 Å². The lowest BCUT2D eigenvalue weighted by Gasteiger charge is -2.14. The fraction of sp³-hybridized carbons (Fsp3) is 0.222. The van der Waals surface area contributed by atoms with Gasteiger partial charge in [0.05, 0.1) is 30.2 Å². The van der Waals surface area contributed by atoms with Crippen molar-refractivity contribution in [2.45, 2.75) is 19.5 Å². The summed E-state index contributed by atoms with van der Waals surface area (Å²) in [4.78, 5) is 17.6. The van der Waals surface area contributed by atoms with Crippen molar-refractivity contribution in [1.29, 1.82) is 0 Å². The van der Waals surface area contributed by atoms with Gasteiger partial charge in [0, 0.05) is 24.5 Å². The van der Waals surface area contributed by atoms with E-state index in [4.69, 9.17) is 0 Å². The first-order valence-corrected chi connectivity index (χ1v) is 8.06. The Hall–Kier alpha value is -3.06. The highest BCUT2D eigenvalue weighted by Gasteiger charge is 2.10. The first-order chi connectivity index (χ1) is 12.2. The number of hydrogen-bond donors (Lipinski definition) is 3. The highest BCUT2D eigenvalue weighted by Crippen LogP contribution is 2.20. The first kappa shape index (κ1) is 16.8. The van der Waals surface area contributed by atoms with Gasteiger partial charge in [-0.05, 0) is 31.2 Å². The summed E-state index contributed by atoms with van der Waals surface area (Å²) in [7, 11) is 0. The highest BCUT2D eigenvalue weighted by atomic mass is 16.3. The monoisotopic (exact) mass is 336 g/mol. The van der Waals surface area contributed by atoms with Crippen LogP contribution < -0.4 is 10.6 Å². The smallest absolute Gasteiger partial charge is 0.225 e. The van der Waals surface area contributed by atoms with Gasteiger partial charge in [0.1, 0.15) is 5.82 Å². The van der Waals surface area contributed by atoms with Gasteiger partial charge in [0.2, 0.25) is 5.95 Å². The summed E-state index contributed by atoms with van der Waals surface area (Å²) in [5.74, 6) is 1.10. The molecule has 3 N–H and O–H groups in total. The van der Waals surface area contributed by atoms with Gasteiger partial charge in [-0.2, -0.15) is 4.98 Å². The maximum Gasteiger partial charge on any atom is 0.225 e. The molecule has 25 heavy (non-hydrogen) atoms. The van der Waals surface area contributed by atoms with Crippen LogP contribution in [0.2, 0.25) is 0 Å². The van der Waals surface area contributed by atoms with Gasteiger partial charge in [0.25, 0.3) is 0 Å². The minimum absolute atomic E-state index is 0.00608. The predicted octanol–water partition coefficient (Wildman–Crippen LogP) is 2.34. The molecule has 0 saturated heterocycles. The van der Waals surface area contributed by atoms with Crippen LogP contribution in [0.1, 0.15) is 12.6 Å². The Labute approximate surface area is 146 Å². The molecule has 0 bridgehead atoms. The summed E-state index contributed by atoms with van der Waals surface area (Å²) < 4.78 is 0. The average Bonchev–Trinajstić information content (AvgIpc) is 2.67. The van der Waals surface area contributed by atoms with E-state index in [-0.39, 0.29) is 12.6 Å². The molecule has 7 nitrogen and oxygen atoms in total. The van der Waals surface area contributed by atoms with Crippen LogP contribution in [0.4, 0.5) is 11.8 Å². The molecule has 0 aliphatic heterocycles. The molecule has 3 heterocycles. The molecule has 1 atom stereocenters. The van der Waals surface area contributed by atoms with Gasteiger partial charge in [-0.25, -0.2) is 4.98 Å². The molecule has 0 aromatic carbocycles. The van der Waals surface area contributed by atoms with Crippen LogP contribution in [0.5, 0.6) is 0 Å². The van der Waals surface area contributed by atoms with Gasteiger partial charge in [-0.1, -0.05) is 12.1 Å². The van der Waals surface area contributed by atoms with Crippen LogP contribution in [0.25, 0.3) is 11.4 Å². The topological polar surface area (TPSA) is 95.8 Å². The number of hydrogen-bond acceptors (Lipinski definition) is 7. The van der Waals surface area contributed by atoms with E-state index in [2.05, 4.69) is 30.6 Å². The lowest BCUT2D eigenvalue weighted by atomic mass is 10.2. The molecule has 0 fully saturated rings. The number of rotatable bonds is 7. The number of aromatic nitrogens is 4. The minimum atomic E-state index is -0.150. The second kappa shape index (κ2) is 8.16. The summed E-state index contributed by atoms with van der Waals surface area (Å²) in [6.07, 6.45) is 3.48. The molecule has 0 unspecified atom stereocenters. The quantitative estimate of drug-likeness (QED) is 0.609. The Morgan fingerprint density at radius 3 is 2.48 bits per heavy atom. The normalized spacial score (nSPS) is 11.8. The molecule has 7 heteroatoms. The van der Waals surface area contributed by atoms with Gasteiger partial charge in [-0.15, -0.1) is 0 Å². The molecule has 0 spiro atoms. The third-order valence-corrected chi connectivity index (χ3v) is 3.48.